The highest BCUT2D eigenvalue weighted by Gasteiger charge is 2.50. The van der Waals surface area contributed by atoms with Gasteiger partial charge in [-0.05, 0) is 76.9 Å². The van der Waals surface area contributed by atoms with Crippen molar-refractivity contribution in [2.45, 2.75) is 24.7 Å². The molecule has 0 amide bonds. The van der Waals surface area contributed by atoms with Gasteiger partial charge in [0.25, 0.3) is 0 Å². The number of ether oxygens (including phenoxy) is 2. The highest BCUT2D eigenvalue weighted by atomic mass is 16.5. The summed E-state index contributed by atoms with van der Waals surface area (Å²) < 4.78 is 15.8. The number of nitrogens with zero attached hydrogens (tertiary/aromatic N) is 1. The molecule has 0 fully saturated rings. The van der Waals surface area contributed by atoms with Gasteiger partial charge in [0, 0.05) is 44.1 Å². The lowest BCUT2D eigenvalue weighted by Crippen LogP contribution is -2.36. The Labute approximate surface area is 284 Å². The minimum Gasteiger partial charge on any atom is -0.457 e. The van der Waals surface area contributed by atoms with Crippen molar-refractivity contribution in [1.29, 1.82) is 0 Å². The molecule has 0 saturated heterocycles. The zero-order valence-corrected chi connectivity index (χ0v) is 27.2. The molecule has 3 nitrogen and oxygen atoms in total. The summed E-state index contributed by atoms with van der Waals surface area (Å²) in [5.41, 5.74) is 12.6. The highest BCUT2D eigenvalue weighted by Crippen LogP contribution is 2.61. The summed E-state index contributed by atoms with van der Waals surface area (Å²) in [6.45, 7) is 4.71. The van der Waals surface area contributed by atoms with Gasteiger partial charge in [0.05, 0.1) is 16.4 Å². The average molecular weight is 630 g/mol. The first kappa shape index (κ1) is 26.9. The van der Waals surface area contributed by atoms with Gasteiger partial charge in [-0.25, -0.2) is 0 Å². The van der Waals surface area contributed by atoms with E-state index in [9.17, 15) is 0 Å². The number of benzene rings is 7. The van der Waals surface area contributed by atoms with Crippen molar-refractivity contribution in [3.05, 3.63) is 185 Å². The predicted molar refractivity (Wildman–Crippen MR) is 197 cm³/mol. The van der Waals surface area contributed by atoms with Crippen molar-refractivity contribution in [2.75, 3.05) is 0 Å². The molecule has 0 N–H and O–H groups in total. The number of fused-ring (bicyclic) bond motifs is 14. The SMILES string of the molecule is CC1(C)c2ccccc2-c2cc3c4ccccc4n(-c4ccc5c(c4)C4(c6ccccc6Oc6ccccc64)c4ccccc4O5)c3cc21. The Morgan fingerprint density at radius 1 is 0.408 bits per heavy atom. The lowest BCUT2D eigenvalue weighted by Gasteiger charge is -2.44. The molecule has 49 heavy (non-hydrogen) atoms. The third-order valence-corrected chi connectivity index (χ3v) is 11.3. The van der Waals surface area contributed by atoms with Crippen LogP contribution >= 0.6 is 0 Å². The number of hydrogen-bond donors (Lipinski definition) is 0. The first-order valence-corrected chi connectivity index (χ1v) is 17.0. The second-order valence-corrected chi connectivity index (χ2v) is 14.1. The van der Waals surface area contributed by atoms with Crippen LogP contribution in [0.25, 0.3) is 38.6 Å². The first-order chi connectivity index (χ1) is 24.0. The lowest BCUT2D eigenvalue weighted by molar-refractivity contribution is 0.399. The van der Waals surface area contributed by atoms with Gasteiger partial charge < -0.3 is 14.0 Å². The Morgan fingerprint density at radius 2 is 0.959 bits per heavy atom. The van der Waals surface area contributed by atoms with Gasteiger partial charge in [0.2, 0.25) is 0 Å². The fourth-order valence-corrected chi connectivity index (χ4v) is 9.18. The van der Waals surface area contributed by atoms with E-state index in [4.69, 9.17) is 9.47 Å². The van der Waals surface area contributed by atoms with Crippen LogP contribution in [-0.2, 0) is 10.8 Å². The Kier molecular flexibility index (Phi) is 5.11. The van der Waals surface area contributed by atoms with E-state index in [0.29, 0.717) is 0 Å². The monoisotopic (exact) mass is 629 g/mol. The molecule has 8 aromatic rings. The molecule has 3 aliphatic rings. The van der Waals surface area contributed by atoms with E-state index in [1.54, 1.807) is 0 Å². The van der Waals surface area contributed by atoms with Crippen molar-refractivity contribution in [3.8, 4) is 39.8 Å². The molecule has 0 saturated carbocycles. The molecule has 11 rings (SSSR count). The van der Waals surface area contributed by atoms with Crippen LogP contribution in [0.3, 0.4) is 0 Å². The van der Waals surface area contributed by atoms with Gasteiger partial charge >= 0.3 is 0 Å². The molecule has 0 unspecified atom stereocenters. The van der Waals surface area contributed by atoms with Gasteiger partial charge in [0.15, 0.2) is 0 Å². The zero-order valence-electron chi connectivity index (χ0n) is 27.2. The van der Waals surface area contributed by atoms with Crippen molar-refractivity contribution >= 4 is 21.8 Å². The summed E-state index contributed by atoms with van der Waals surface area (Å²) in [7, 11) is 0. The maximum atomic E-state index is 6.76. The fraction of sp³-hybridized carbons (Fsp3) is 0.0870. The first-order valence-electron chi connectivity index (χ1n) is 17.0. The van der Waals surface area contributed by atoms with E-state index in [2.05, 4.69) is 170 Å². The van der Waals surface area contributed by atoms with Crippen LogP contribution in [0.2, 0.25) is 0 Å². The Morgan fingerprint density at radius 3 is 1.63 bits per heavy atom. The van der Waals surface area contributed by atoms with Crippen LogP contribution in [0.5, 0.6) is 23.0 Å². The number of para-hydroxylation sites is 4. The van der Waals surface area contributed by atoms with E-state index < -0.39 is 5.41 Å². The molecule has 0 radical (unpaired) electrons. The number of rotatable bonds is 1. The minimum atomic E-state index is -0.644. The van der Waals surface area contributed by atoms with Crippen LogP contribution in [0, 0.1) is 0 Å². The highest BCUT2D eigenvalue weighted by molar-refractivity contribution is 6.11. The normalized spacial score (nSPS) is 15.4. The fourth-order valence-electron chi connectivity index (χ4n) is 9.18. The van der Waals surface area contributed by atoms with Crippen molar-refractivity contribution in [1.82, 2.24) is 4.57 Å². The largest absolute Gasteiger partial charge is 0.457 e. The molecule has 0 atom stereocenters. The van der Waals surface area contributed by atoms with E-state index >= 15 is 0 Å². The molecule has 1 aromatic heterocycles. The molecule has 2 aliphatic heterocycles. The van der Waals surface area contributed by atoms with E-state index in [-0.39, 0.29) is 5.41 Å². The molecule has 1 spiro atoms. The van der Waals surface area contributed by atoms with Crippen LogP contribution in [0.1, 0.15) is 47.2 Å². The maximum Gasteiger partial charge on any atom is 0.132 e. The summed E-state index contributed by atoms with van der Waals surface area (Å²) in [6.07, 6.45) is 0. The standard InChI is InChI=1S/C46H31NO2/c1-45(2)33-15-5-3-13-29(33)31-26-32-30-14-4-9-19-39(30)47(40(32)27-37(31)45)28-23-24-44-38(25-28)46(36-18-8-12-22-43(36)49-44)34-16-6-10-20-41(34)48-42-21-11-7-17-35(42)46/h3-27H,1-2H3. The van der Waals surface area contributed by atoms with Crippen LogP contribution in [-0.4, -0.2) is 4.57 Å². The third-order valence-electron chi connectivity index (χ3n) is 11.3. The second kappa shape index (κ2) is 9.30. The molecule has 3 heterocycles. The quantitative estimate of drug-likeness (QED) is 0.180. The van der Waals surface area contributed by atoms with Crippen LogP contribution in [0.4, 0.5) is 0 Å². The molecule has 0 bridgehead atoms. The molecular weight excluding hydrogens is 599 g/mol. The van der Waals surface area contributed by atoms with Crippen molar-refractivity contribution in [3.63, 3.8) is 0 Å². The Bertz CT molecular complexity index is 2610. The predicted octanol–water partition coefficient (Wildman–Crippen LogP) is 11.7. The summed E-state index contributed by atoms with van der Waals surface area (Å²) in [4.78, 5) is 0. The zero-order chi connectivity index (χ0) is 32.5. The summed E-state index contributed by atoms with van der Waals surface area (Å²) >= 11 is 0. The molecule has 1 aliphatic carbocycles. The van der Waals surface area contributed by atoms with E-state index in [0.717, 1.165) is 50.9 Å². The van der Waals surface area contributed by atoms with Gasteiger partial charge in [0.1, 0.15) is 23.0 Å². The van der Waals surface area contributed by atoms with Gasteiger partial charge in [-0.15, -0.1) is 0 Å². The van der Waals surface area contributed by atoms with E-state index in [1.807, 2.05) is 0 Å². The van der Waals surface area contributed by atoms with Crippen LogP contribution < -0.4 is 9.47 Å². The Balaban J connectivity index is 1.24. The summed E-state index contributed by atoms with van der Waals surface area (Å²) in [5.74, 6) is 3.45. The third kappa shape index (κ3) is 3.32. The second-order valence-electron chi connectivity index (χ2n) is 14.1. The van der Waals surface area contributed by atoms with Gasteiger partial charge in [-0.1, -0.05) is 111 Å². The van der Waals surface area contributed by atoms with E-state index in [1.165, 1.54) is 44.1 Å². The molecule has 232 valence electrons. The minimum absolute atomic E-state index is 0.103. The average Bonchev–Trinajstić information content (AvgIpc) is 3.58. The molecule has 7 aromatic carbocycles. The smallest absolute Gasteiger partial charge is 0.132 e. The summed E-state index contributed by atoms with van der Waals surface area (Å²) in [6, 6.07) is 54.7. The van der Waals surface area contributed by atoms with Gasteiger partial charge in [-0.2, -0.15) is 0 Å². The summed E-state index contributed by atoms with van der Waals surface area (Å²) in [5, 5.41) is 2.51. The topological polar surface area (TPSA) is 23.4 Å². The Hall–Kier alpha value is -6.06. The lowest BCUT2D eigenvalue weighted by atomic mass is 9.62. The molecular formula is C46H31NO2. The van der Waals surface area contributed by atoms with Crippen molar-refractivity contribution < 1.29 is 9.47 Å². The van der Waals surface area contributed by atoms with Crippen LogP contribution in [0.15, 0.2) is 152 Å². The van der Waals surface area contributed by atoms with Gasteiger partial charge in [-0.3, -0.25) is 0 Å². The number of hydrogen-bond acceptors (Lipinski definition) is 2. The number of aromatic nitrogens is 1. The molecule has 3 heteroatoms. The maximum absolute atomic E-state index is 6.76. The van der Waals surface area contributed by atoms with Crippen molar-refractivity contribution in [2.24, 2.45) is 0 Å².